The van der Waals surface area contributed by atoms with Gasteiger partial charge in [-0.05, 0) is 56.8 Å². The third-order valence-corrected chi connectivity index (χ3v) is 5.14. The fourth-order valence-corrected chi connectivity index (χ4v) is 4.31. The van der Waals surface area contributed by atoms with Gasteiger partial charge in [0.25, 0.3) is 0 Å². The summed E-state index contributed by atoms with van der Waals surface area (Å²) in [6.07, 6.45) is 8.25. The van der Waals surface area contributed by atoms with Crippen LogP contribution in [0.1, 0.15) is 66.2 Å². The highest BCUT2D eigenvalue weighted by Gasteiger charge is 2.45. The van der Waals surface area contributed by atoms with Crippen LogP contribution in [0.2, 0.25) is 0 Å². The van der Waals surface area contributed by atoms with Crippen molar-refractivity contribution in [2.45, 2.75) is 71.8 Å². The van der Waals surface area contributed by atoms with Gasteiger partial charge in [-0.15, -0.1) is 0 Å². The van der Waals surface area contributed by atoms with Gasteiger partial charge in [-0.2, -0.15) is 0 Å². The van der Waals surface area contributed by atoms with Gasteiger partial charge in [-0.1, -0.05) is 26.7 Å². The molecule has 0 aliphatic heterocycles. The number of hydrogen-bond donors (Lipinski definition) is 0. The highest BCUT2D eigenvalue weighted by Crippen LogP contribution is 2.53. The van der Waals surface area contributed by atoms with Crippen molar-refractivity contribution in [3.63, 3.8) is 0 Å². The predicted molar refractivity (Wildman–Crippen MR) is 68.5 cm³/mol. The average Bonchev–Trinajstić information content (AvgIpc) is 2.16. The summed E-state index contributed by atoms with van der Waals surface area (Å²) in [6, 6.07) is 0. The van der Waals surface area contributed by atoms with E-state index in [0.29, 0.717) is 5.41 Å². The van der Waals surface area contributed by atoms with Crippen LogP contribution >= 0.6 is 0 Å². The Morgan fingerprint density at radius 1 is 1.12 bits per heavy atom. The molecule has 0 aromatic carbocycles. The summed E-state index contributed by atoms with van der Waals surface area (Å²) in [7, 11) is 0. The van der Waals surface area contributed by atoms with E-state index in [2.05, 4.69) is 27.7 Å². The van der Waals surface area contributed by atoms with Crippen molar-refractivity contribution in [2.24, 2.45) is 17.3 Å². The van der Waals surface area contributed by atoms with Gasteiger partial charge < -0.3 is 4.74 Å². The van der Waals surface area contributed by atoms with E-state index in [4.69, 9.17) is 4.74 Å². The Bertz CT molecular complexity index is 246. The monoisotopic (exact) mass is 224 g/mol. The van der Waals surface area contributed by atoms with Crippen LogP contribution in [0, 0.1) is 17.3 Å². The average molecular weight is 224 g/mol. The van der Waals surface area contributed by atoms with Crippen molar-refractivity contribution < 1.29 is 4.74 Å². The number of hydrogen-bond acceptors (Lipinski definition) is 1. The van der Waals surface area contributed by atoms with E-state index in [1.165, 1.54) is 38.5 Å². The highest BCUT2D eigenvalue weighted by atomic mass is 16.5. The van der Waals surface area contributed by atoms with Gasteiger partial charge in [-0.3, -0.25) is 0 Å². The van der Waals surface area contributed by atoms with E-state index in [1.807, 2.05) is 0 Å². The lowest BCUT2D eigenvalue weighted by Crippen LogP contribution is -2.45. The summed E-state index contributed by atoms with van der Waals surface area (Å²) >= 11 is 0. The van der Waals surface area contributed by atoms with Crippen LogP contribution < -0.4 is 0 Å². The van der Waals surface area contributed by atoms with Gasteiger partial charge >= 0.3 is 0 Å². The Morgan fingerprint density at radius 2 is 1.88 bits per heavy atom. The van der Waals surface area contributed by atoms with Gasteiger partial charge in [-0.25, -0.2) is 0 Å². The van der Waals surface area contributed by atoms with Crippen molar-refractivity contribution in [1.29, 1.82) is 0 Å². The van der Waals surface area contributed by atoms with Crippen LogP contribution in [0.25, 0.3) is 0 Å². The van der Waals surface area contributed by atoms with Gasteiger partial charge in [0.15, 0.2) is 0 Å². The molecule has 16 heavy (non-hydrogen) atoms. The van der Waals surface area contributed by atoms with Crippen molar-refractivity contribution in [3.8, 4) is 0 Å². The van der Waals surface area contributed by atoms with E-state index in [1.54, 1.807) is 0 Å². The maximum absolute atomic E-state index is 5.99. The second kappa shape index (κ2) is 4.33. The molecule has 0 bridgehead atoms. The first-order valence-electron chi connectivity index (χ1n) is 7.11. The van der Waals surface area contributed by atoms with Crippen LogP contribution in [-0.2, 0) is 4.74 Å². The number of rotatable bonds is 2. The molecule has 2 fully saturated rings. The predicted octanol–water partition coefficient (Wildman–Crippen LogP) is 4.41. The lowest BCUT2D eigenvalue weighted by atomic mass is 9.56. The van der Waals surface area contributed by atoms with Gasteiger partial charge in [0.1, 0.15) is 0 Å². The Morgan fingerprint density at radius 3 is 2.56 bits per heavy atom. The van der Waals surface area contributed by atoms with Crippen LogP contribution in [0.5, 0.6) is 0 Å². The van der Waals surface area contributed by atoms with E-state index < -0.39 is 0 Å². The molecule has 1 nitrogen and oxygen atoms in total. The van der Waals surface area contributed by atoms with E-state index in [9.17, 15) is 0 Å². The Balaban J connectivity index is 2.05. The smallest absolute Gasteiger partial charge is 0.0657 e. The first-order chi connectivity index (χ1) is 7.47. The largest absolute Gasteiger partial charge is 0.376 e. The Labute approximate surface area is 101 Å². The third-order valence-electron chi connectivity index (χ3n) is 5.14. The fraction of sp³-hybridized carbons (Fsp3) is 1.00. The van der Waals surface area contributed by atoms with E-state index in [0.717, 1.165) is 18.4 Å². The van der Waals surface area contributed by atoms with Gasteiger partial charge in [0.05, 0.1) is 5.60 Å². The summed E-state index contributed by atoms with van der Waals surface area (Å²) in [5.74, 6) is 1.88. The zero-order chi connectivity index (χ0) is 11.8. The summed E-state index contributed by atoms with van der Waals surface area (Å²) in [6.45, 7) is 10.3. The first-order valence-corrected chi connectivity index (χ1v) is 7.11. The molecule has 0 radical (unpaired) electrons. The zero-order valence-electron chi connectivity index (χ0n) is 11.5. The molecule has 0 aromatic heterocycles. The normalized spacial score (nSPS) is 42.8. The molecule has 0 spiro atoms. The molecule has 2 aliphatic carbocycles. The second-order valence-electron chi connectivity index (χ2n) is 6.87. The molecule has 2 aliphatic rings. The van der Waals surface area contributed by atoms with Crippen LogP contribution in [0.3, 0.4) is 0 Å². The SMILES string of the molecule is CCO[C@@]1(C)CC[C@H]2C(CCCC2(C)C)C1. The number of ether oxygens (including phenoxy) is 1. The van der Waals surface area contributed by atoms with Crippen LogP contribution in [-0.4, -0.2) is 12.2 Å². The molecule has 3 atom stereocenters. The maximum Gasteiger partial charge on any atom is 0.0657 e. The van der Waals surface area contributed by atoms with Crippen molar-refractivity contribution in [2.75, 3.05) is 6.61 Å². The summed E-state index contributed by atoms with van der Waals surface area (Å²) in [5.41, 5.74) is 0.764. The molecule has 1 heteroatoms. The Hall–Kier alpha value is -0.0400. The summed E-state index contributed by atoms with van der Waals surface area (Å²) in [5, 5.41) is 0. The molecular formula is C15H28O. The lowest BCUT2D eigenvalue weighted by Gasteiger charge is -2.51. The zero-order valence-corrected chi connectivity index (χ0v) is 11.5. The molecule has 0 amide bonds. The molecule has 0 N–H and O–H groups in total. The molecule has 2 rings (SSSR count). The quantitative estimate of drug-likeness (QED) is 0.675. The number of fused-ring (bicyclic) bond motifs is 1. The topological polar surface area (TPSA) is 9.23 Å². The summed E-state index contributed by atoms with van der Waals surface area (Å²) < 4.78 is 5.99. The second-order valence-corrected chi connectivity index (χ2v) is 6.87. The minimum absolute atomic E-state index is 0.184. The minimum Gasteiger partial charge on any atom is -0.376 e. The van der Waals surface area contributed by atoms with Crippen LogP contribution in [0.4, 0.5) is 0 Å². The van der Waals surface area contributed by atoms with Crippen molar-refractivity contribution >= 4 is 0 Å². The third kappa shape index (κ3) is 2.30. The minimum atomic E-state index is 0.184. The van der Waals surface area contributed by atoms with Gasteiger partial charge in [0, 0.05) is 6.61 Å². The molecule has 0 heterocycles. The molecule has 0 aromatic rings. The summed E-state index contributed by atoms with van der Waals surface area (Å²) in [4.78, 5) is 0. The van der Waals surface area contributed by atoms with Crippen molar-refractivity contribution in [1.82, 2.24) is 0 Å². The van der Waals surface area contributed by atoms with Gasteiger partial charge in [0.2, 0.25) is 0 Å². The molecule has 2 saturated carbocycles. The molecule has 94 valence electrons. The van der Waals surface area contributed by atoms with E-state index >= 15 is 0 Å². The van der Waals surface area contributed by atoms with E-state index in [-0.39, 0.29) is 5.60 Å². The molecule has 0 saturated heterocycles. The Kier molecular flexibility index (Phi) is 3.36. The first kappa shape index (κ1) is 12.4. The highest BCUT2D eigenvalue weighted by molar-refractivity contribution is 4.96. The maximum atomic E-state index is 5.99. The lowest BCUT2D eigenvalue weighted by molar-refractivity contribution is -0.104. The molecule has 1 unspecified atom stereocenters. The van der Waals surface area contributed by atoms with Crippen LogP contribution in [0.15, 0.2) is 0 Å². The fourth-order valence-electron chi connectivity index (χ4n) is 4.31. The van der Waals surface area contributed by atoms with Crippen molar-refractivity contribution in [3.05, 3.63) is 0 Å². The molecular weight excluding hydrogens is 196 g/mol. The standard InChI is InChI=1S/C15H28O/c1-5-16-15(4)10-8-13-12(11-15)7-6-9-14(13,2)3/h12-13H,5-11H2,1-4H3/t12?,13-,15-/m0/s1.